The zero-order valence-electron chi connectivity index (χ0n) is 12.7. The number of benzene rings is 1. The minimum absolute atomic E-state index is 0.173. The fraction of sp³-hybridized carbons (Fsp3) is 0.611. The Morgan fingerprint density at radius 1 is 1.29 bits per heavy atom. The minimum atomic E-state index is -0.603. The summed E-state index contributed by atoms with van der Waals surface area (Å²) in [6.07, 6.45) is 5.44. The van der Waals surface area contributed by atoms with E-state index in [2.05, 4.69) is 36.5 Å². The third-order valence-electron chi connectivity index (χ3n) is 5.45. The van der Waals surface area contributed by atoms with Crippen molar-refractivity contribution in [3.05, 3.63) is 35.9 Å². The third-order valence-corrected chi connectivity index (χ3v) is 5.45. The molecule has 0 heterocycles. The van der Waals surface area contributed by atoms with E-state index in [-0.39, 0.29) is 12.0 Å². The number of fused-ring (bicyclic) bond motifs is 2. The summed E-state index contributed by atoms with van der Waals surface area (Å²) in [4.78, 5) is 11.6. The second-order valence-electron chi connectivity index (χ2n) is 6.68. The standard InChI is InChI=1S/C18H25NO2/c1-2-15(10-12-6-4-3-5-7-12)19-17-14-9-8-13(11-14)16(17)18(20)21/h3-7,13-17,19H,2,8-11H2,1H3,(H,20,21). The normalized spacial score (nSPS) is 32.2. The lowest BCUT2D eigenvalue weighted by atomic mass is 9.83. The van der Waals surface area contributed by atoms with Crippen LogP contribution in [0.1, 0.15) is 38.2 Å². The number of carbonyl (C=O) groups is 1. The summed E-state index contributed by atoms with van der Waals surface area (Å²) in [5, 5.41) is 13.2. The smallest absolute Gasteiger partial charge is 0.308 e. The summed E-state index contributed by atoms with van der Waals surface area (Å²) in [7, 11) is 0. The Bertz CT molecular complexity index is 487. The molecule has 0 aliphatic heterocycles. The number of hydrogen-bond donors (Lipinski definition) is 2. The number of nitrogens with one attached hydrogen (secondary N) is 1. The number of hydrogen-bond acceptors (Lipinski definition) is 2. The van der Waals surface area contributed by atoms with Gasteiger partial charge < -0.3 is 10.4 Å². The molecule has 114 valence electrons. The van der Waals surface area contributed by atoms with Crippen molar-refractivity contribution in [1.29, 1.82) is 0 Å². The molecule has 2 aliphatic carbocycles. The molecular formula is C18H25NO2. The van der Waals surface area contributed by atoms with Gasteiger partial charge in [-0.15, -0.1) is 0 Å². The van der Waals surface area contributed by atoms with Crippen molar-refractivity contribution in [2.45, 2.75) is 51.1 Å². The average Bonchev–Trinajstić information content (AvgIpc) is 3.08. The summed E-state index contributed by atoms with van der Waals surface area (Å²) in [5.41, 5.74) is 1.33. The first kappa shape index (κ1) is 14.6. The van der Waals surface area contributed by atoms with Gasteiger partial charge in [0.15, 0.2) is 0 Å². The molecule has 2 N–H and O–H groups in total. The van der Waals surface area contributed by atoms with E-state index in [4.69, 9.17) is 0 Å². The van der Waals surface area contributed by atoms with Gasteiger partial charge in [-0.05, 0) is 49.5 Å². The first-order chi connectivity index (χ1) is 10.2. The second-order valence-corrected chi connectivity index (χ2v) is 6.68. The first-order valence-electron chi connectivity index (χ1n) is 8.21. The molecular weight excluding hydrogens is 262 g/mol. The van der Waals surface area contributed by atoms with Crippen LogP contribution in [0, 0.1) is 17.8 Å². The van der Waals surface area contributed by atoms with Gasteiger partial charge in [0.1, 0.15) is 0 Å². The maximum atomic E-state index is 11.6. The Morgan fingerprint density at radius 2 is 2.00 bits per heavy atom. The van der Waals surface area contributed by atoms with Crippen LogP contribution in [0.15, 0.2) is 30.3 Å². The molecule has 3 rings (SSSR count). The fourth-order valence-corrected chi connectivity index (χ4v) is 4.38. The van der Waals surface area contributed by atoms with Gasteiger partial charge in [-0.2, -0.15) is 0 Å². The third kappa shape index (κ3) is 2.98. The zero-order valence-corrected chi connectivity index (χ0v) is 12.7. The highest BCUT2D eigenvalue weighted by Crippen LogP contribution is 2.48. The Labute approximate surface area is 126 Å². The van der Waals surface area contributed by atoms with E-state index in [1.54, 1.807) is 0 Å². The van der Waals surface area contributed by atoms with Crippen LogP contribution in [-0.2, 0) is 11.2 Å². The molecule has 0 spiro atoms. The largest absolute Gasteiger partial charge is 0.481 e. The summed E-state index contributed by atoms with van der Waals surface area (Å²) < 4.78 is 0. The quantitative estimate of drug-likeness (QED) is 0.845. The summed E-state index contributed by atoms with van der Waals surface area (Å²) in [5.74, 6) is 0.197. The van der Waals surface area contributed by atoms with Crippen molar-refractivity contribution in [3.8, 4) is 0 Å². The van der Waals surface area contributed by atoms with Crippen molar-refractivity contribution < 1.29 is 9.90 Å². The van der Waals surface area contributed by atoms with Crippen molar-refractivity contribution in [1.82, 2.24) is 5.32 Å². The first-order valence-corrected chi connectivity index (χ1v) is 8.21. The summed E-state index contributed by atoms with van der Waals surface area (Å²) in [6.45, 7) is 2.18. The molecule has 3 heteroatoms. The molecule has 1 aromatic rings. The van der Waals surface area contributed by atoms with Gasteiger partial charge in [0.05, 0.1) is 5.92 Å². The molecule has 0 radical (unpaired) electrons. The van der Waals surface area contributed by atoms with Crippen molar-refractivity contribution in [2.24, 2.45) is 17.8 Å². The Kier molecular flexibility index (Phi) is 4.29. The van der Waals surface area contributed by atoms with E-state index in [9.17, 15) is 9.90 Å². The molecule has 0 aromatic heterocycles. The van der Waals surface area contributed by atoms with Gasteiger partial charge in [-0.1, -0.05) is 37.3 Å². The van der Waals surface area contributed by atoms with E-state index >= 15 is 0 Å². The molecule has 21 heavy (non-hydrogen) atoms. The molecule has 5 unspecified atom stereocenters. The van der Waals surface area contributed by atoms with Gasteiger partial charge in [0, 0.05) is 12.1 Å². The van der Waals surface area contributed by atoms with Crippen LogP contribution in [-0.4, -0.2) is 23.2 Å². The highest BCUT2D eigenvalue weighted by atomic mass is 16.4. The Hall–Kier alpha value is -1.35. The highest BCUT2D eigenvalue weighted by Gasteiger charge is 2.51. The zero-order chi connectivity index (χ0) is 14.8. The van der Waals surface area contributed by atoms with Gasteiger partial charge >= 0.3 is 5.97 Å². The maximum Gasteiger partial charge on any atom is 0.308 e. The van der Waals surface area contributed by atoms with E-state index in [1.165, 1.54) is 12.0 Å². The van der Waals surface area contributed by atoms with E-state index in [0.29, 0.717) is 17.9 Å². The molecule has 0 amide bonds. The number of aliphatic carboxylic acids is 1. The molecule has 2 fully saturated rings. The van der Waals surface area contributed by atoms with E-state index < -0.39 is 5.97 Å². The van der Waals surface area contributed by atoms with Crippen molar-refractivity contribution in [3.63, 3.8) is 0 Å². The molecule has 5 atom stereocenters. The number of rotatable bonds is 6. The average molecular weight is 287 g/mol. The van der Waals surface area contributed by atoms with Crippen molar-refractivity contribution in [2.75, 3.05) is 0 Å². The van der Waals surface area contributed by atoms with Gasteiger partial charge in [-0.3, -0.25) is 4.79 Å². The lowest BCUT2D eigenvalue weighted by Gasteiger charge is -2.32. The molecule has 0 saturated heterocycles. The fourth-order valence-electron chi connectivity index (χ4n) is 4.38. The van der Waals surface area contributed by atoms with Gasteiger partial charge in [-0.25, -0.2) is 0 Å². The van der Waals surface area contributed by atoms with Crippen LogP contribution in [0.2, 0.25) is 0 Å². The van der Waals surface area contributed by atoms with Crippen LogP contribution in [0.3, 0.4) is 0 Å². The van der Waals surface area contributed by atoms with Crippen molar-refractivity contribution >= 4 is 5.97 Å². The maximum absolute atomic E-state index is 11.6. The molecule has 1 aromatic carbocycles. The van der Waals surface area contributed by atoms with Gasteiger partial charge in [0.2, 0.25) is 0 Å². The highest BCUT2D eigenvalue weighted by molar-refractivity contribution is 5.72. The van der Waals surface area contributed by atoms with Crippen LogP contribution in [0.25, 0.3) is 0 Å². The predicted octanol–water partition coefficient (Wildman–Crippen LogP) is 3.10. The number of carboxylic acids is 1. The molecule has 2 aliphatic rings. The lowest BCUT2D eigenvalue weighted by molar-refractivity contribution is -0.144. The van der Waals surface area contributed by atoms with Crippen LogP contribution in [0.5, 0.6) is 0 Å². The van der Waals surface area contributed by atoms with Crippen LogP contribution in [0.4, 0.5) is 0 Å². The summed E-state index contributed by atoms with van der Waals surface area (Å²) in [6, 6.07) is 11.0. The minimum Gasteiger partial charge on any atom is -0.481 e. The second kappa shape index (κ2) is 6.18. The van der Waals surface area contributed by atoms with Gasteiger partial charge in [0.25, 0.3) is 0 Å². The Morgan fingerprint density at radius 3 is 2.67 bits per heavy atom. The van der Waals surface area contributed by atoms with E-state index in [1.807, 2.05) is 6.07 Å². The van der Waals surface area contributed by atoms with Crippen LogP contribution >= 0.6 is 0 Å². The Balaban J connectivity index is 1.67. The lowest BCUT2D eigenvalue weighted by Crippen LogP contribution is -2.49. The van der Waals surface area contributed by atoms with E-state index in [0.717, 1.165) is 25.7 Å². The SMILES string of the molecule is CCC(Cc1ccccc1)NC1C2CCC(C2)C1C(=O)O. The molecule has 3 nitrogen and oxygen atoms in total. The monoisotopic (exact) mass is 287 g/mol. The summed E-state index contributed by atoms with van der Waals surface area (Å²) >= 11 is 0. The molecule has 2 saturated carbocycles. The number of carboxylic acid groups (broad SMARTS) is 1. The predicted molar refractivity (Wildman–Crippen MR) is 83.1 cm³/mol. The molecule has 2 bridgehead atoms. The topological polar surface area (TPSA) is 49.3 Å². The van der Waals surface area contributed by atoms with Crippen LogP contribution < -0.4 is 5.32 Å².